The number of hydrogen-bond donors (Lipinski definition) is 0. The van der Waals surface area contributed by atoms with Gasteiger partial charge in [0, 0.05) is 17.7 Å². The second-order valence-electron chi connectivity index (χ2n) is 6.34. The number of thiocarbonyl (C=S) groups is 1. The molecule has 31 heavy (non-hydrogen) atoms. The van der Waals surface area contributed by atoms with Crippen LogP contribution in [-0.4, -0.2) is 22.3 Å². The lowest BCUT2D eigenvalue weighted by Crippen LogP contribution is -2.27. The van der Waals surface area contributed by atoms with Crippen molar-refractivity contribution in [3.05, 3.63) is 80.4 Å². The summed E-state index contributed by atoms with van der Waals surface area (Å²) in [7, 11) is 1.57. The minimum atomic E-state index is -0.551. The summed E-state index contributed by atoms with van der Waals surface area (Å²) in [4.78, 5) is 25.1. The summed E-state index contributed by atoms with van der Waals surface area (Å²) in [6.45, 7) is 0. The van der Waals surface area contributed by atoms with E-state index in [-0.39, 0.29) is 16.6 Å². The molecule has 0 unspecified atom stereocenters. The van der Waals surface area contributed by atoms with Crippen LogP contribution < -0.4 is 9.64 Å². The van der Waals surface area contributed by atoms with E-state index in [1.54, 1.807) is 55.7 Å². The van der Waals surface area contributed by atoms with E-state index in [0.29, 0.717) is 37.7 Å². The van der Waals surface area contributed by atoms with Crippen LogP contribution in [0.2, 0.25) is 5.02 Å². The van der Waals surface area contributed by atoms with Gasteiger partial charge in [0.2, 0.25) is 0 Å². The lowest BCUT2D eigenvalue weighted by Gasteiger charge is -2.14. The maximum absolute atomic E-state index is 12.9. The number of hydrogen-bond acceptors (Lipinski definition) is 7. The maximum atomic E-state index is 12.9. The van der Waals surface area contributed by atoms with E-state index in [0.717, 1.165) is 0 Å². The zero-order valence-electron chi connectivity index (χ0n) is 15.9. The van der Waals surface area contributed by atoms with Crippen molar-refractivity contribution in [3.8, 4) is 17.1 Å². The van der Waals surface area contributed by atoms with Gasteiger partial charge in [-0.1, -0.05) is 35.6 Å². The SMILES string of the molecule is COc1ccc(N2C(=O)/C(=C\c3ccc(-c4ccc([N+](=O)[O-])c(Cl)c4)o3)SC2=S)cc1. The number of furan rings is 1. The second kappa shape index (κ2) is 8.54. The van der Waals surface area contributed by atoms with Crippen LogP contribution in [0.1, 0.15) is 5.76 Å². The molecule has 1 amide bonds. The standard InChI is InChI=1S/C21H13ClN2O5S2/c1-28-14-5-3-13(4-6-14)23-20(25)19(31-21(23)30)11-15-7-9-18(29-15)12-2-8-17(24(26)27)16(22)10-12/h2-11H,1H3/b19-11+. The Labute approximate surface area is 191 Å². The Morgan fingerprint density at radius 1 is 1.19 bits per heavy atom. The van der Waals surface area contributed by atoms with Gasteiger partial charge in [-0.2, -0.15) is 0 Å². The number of carbonyl (C=O) groups excluding carboxylic acids is 1. The molecule has 0 atom stereocenters. The average Bonchev–Trinajstić information content (AvgIpc) is 3.32. The van der Waals surface area contributed by atoms with E-state index in [1.165, 1.54) is 28.8 Å². The van der Waals surface area contributed by atoms with Crippen molar-refractivity contribution in [3.63, 3.8) is 0 Å². The van der Waals surface area contributed by atoms with Crippen LogP contribution in [0.4, 0.5) is 11.4 Å². The van der Waals surface area contributed by atoms with E-state index >= 15 is 0 Å². The highest BCUT2D eigenvalue weighted by Crippen LogP contribution is 2.37. The Kier molecular flexibility index (Phi) is 5.81. The average molecular weight is 473 g/mol. The van der Waals surface area contributed by atoms with Crippen LogP contribution in [-0.2, 0) is 4.79 Å². The smallest absolute Gasteiger partial charge is 0.287 e. The van der Waals surface area contributed by atoms with E-state index in [4.69, 9.17) is 33.0 Å². The number of amides is 1. The first-order valence-corrected chi connectivity index (χ1v) is 10.4. The first-order valence-electron chi connectivity index (χ1n) is 8.83. The molecule has 2 heterocycles. The number of nitrogens with zero attached hydrogens (tertiary/aromatic N) is 2. The summed E-state index contributed by atoms with van der Waals surface area (Å²) in [6, 6.07) is 14.8. The maximum Gasteiger partial charge on any atom is 0.287 e. The van der Waals surface area contributed by atoms with Crippen LogP contribution in [0.15, 0.2) is 63.9 Å². The van der Waals surface area contributed by atoms with Gasteiger partial charge in [0.25, 0.3) is 11.6 Å². The van der Waals surface area contributed by atoms with E-state index < -0.39 is 4.92 Å². The molecule has 10 heteroatoms. The Balaban J connectivity index is 1.58. The van der Waals surface area contributed by atoms with Gasteiger partial charge in [-0.3, -0.25) is 19.8 Å². The van der Waals surface area contributed by atoms with Crippen molar-refractivity contribution in [2.24, 2.45) is 0 Å². The normalized spacial score (nSPS) is 15.0. The first-order chi connectivity index (χ1) is 14.9. The topological polar surface area (TPSA) is 85.8 Å². The summed E-state index contributed by atoms with van der Waals surface area (Å²) in [5.41, 5.74) is 1.05. The van der Waals surface area contributed by atoms with Crippen LogP contribution in [0.3, 0.4) is 0 Å². The molecule has 0 radical (unpaired) electrons. The van der Waals surface area contributed by atoms with Gasteiger partial charge in [0.05, 0.1) is 22.6 Å². The Bertz CT molecular complexity index is 1240. The highest BCUT2D eigenvalue weighted by molar-refractivity contribution is 8.27. The second-order valence-corrected chi connectivity index (χ2v) is 8.42. The number of nitro groups is 1. The van der Waals surface area contributed by atoms with E-state index in [9.17, 15) is 14.9 Å². The molecule has 1 fully saturated rings. The number of methoxy groups -OCH3 is 1. The van der Waals surface area contributed by atoms with E-state index in [2.05, 4.69) is 0 Å². The van der Waals surface area contributed by atoms with Gasteiger partial charge in [0.1, 0.15) is 22.3 Å². The molecule has 1 aliphatic rings. The van der Waals surface area contributed by atoms with Crippen molar-refractivity contribution in [2.75, 3.05) is 12.0 Å². The number of benzene rings is 2. The third-order valence-corrected chi connectivity index (χ3v) is 6.06. The number of anilines is 1. The minimum Gasteiger partial charge on any atom is -0.497 e. The molecular formula is C21H13ClN2O5S2. The van der Waals surface area contributed by atoms with E-state index in [1.807, 2.05) is 0 Å². The summed E-state index contributed by atoms with van der Waals surface area (Å²) in [5, 5.41) is 10.9. The molecule has 4 rings (SSSR count). The number of ether oxygens (including phenoxy) is 1. The van der Waals surface area contributed by atoms with Gasteiger partial charge < -0.3 is 9.15 Å². The van der Waals surface area contributed by atoms with Crippen molar-refractivity contribution in [1.82, 2.24) is 0 Å². The first kappa shape index (κ1) is 21.1. The Hall–Kier alpha value is -3.14. The number of carbonyl (C=O) groups is 1. The molecule has 1 saturated heterocycles. The van der Waals surface area contributed by atoms with Crippen molar-refractivity contribution < 1.29 is 18.9 Å². The predicted octanol–water partition coefficient (Wildman–Crippen LogP) is 5.92. The van der Waals surface area contributed by atoms with Crippen molar-refractivity contribution in [2.45, 2.75) is 0 Å². The molecule has 0 aliphatic carbocycles. The third-order valence-electron chi connectivity index (χ3n) is 4.45. The zero-order chi connectivity index (χ0) is 22.1. The van der Waals surface area contributed by atoms with Gasteiger partial charge in [0.15, 0.2) is 4.32 Å². The summed E-state index contributed by atoms with van der Waals surface area (Å²) in [5.74, 6) is 1.34. The van der Waals surface area contributed by atoms with Gasteiger partial charge in [-0.15, -0.1) is 0 Å². The fraction of sp³-hybridized carbons (Fsp3) is 0.0476. The van der Waals surface area contributed by atoms with Crippen LogP contribution >= 0.6 is 35.6 Å². The molecule has 1 aromatic heterocycles. The lowest BCUT2D eigenvalue weighted by atomic mass is 10.1. The third kappa shape index (κ3) is 4.20. The Morgan fingerprint density at radius 2 is 1.94 bits per heavy atom. The summed E-state index contributed by atoms with van der Waals surface area (Å²) >= 11 is 12.5. The predicted molar refractivity (Wildman–Crippen MR) is 124 cm³/mol. The minimum absolute atomic E-state index is 0.0146. The van der Waals surface area contributed by atoms with Crippen molar-refractivity contribution in [1.29, 1.82) is 0 Å². The summed E-state index contributed by atoms with van der Waals surface area (Å²) < 4.78 is 11.3. The van der Waals surface area contributed by atoms with Gasteiger partial charge in [-0.25, -0.2) is 0 Å². The quantitative estimate of drug-likeness (QED) is 0.197. The molecular weight excluding hydrogens is 460 g/mol. The van der Waals surface area contributed by atoms with Gasteiger partial charge >= 0.3 is 0 Å². The molecule has 0 saturated carbocycles. The molecule has 1 aliphatic heterocycles. The highest BCUT2D eigenvalue weighted by atomic mass is 35.5. The molecule has 0 spiro atoms. The number of nitro benzene ring substituents is 1. The summed E-state index contributed by atoms with van der Waals surface area (Å²) in [6.07, 6.45) is 1.61. The molecule has 7 nitrogen and oxygen atoms in total. The fourth-order valence-corrected chi connectivity index (χ4v) is 4.47. The Morgan fingerprint density at radius 3 is 2.58 bits per heavy atom. The number of halogens is 1. The van der Waals surface area contributed by atoms with Crippen LogP contribution in [0.25, 0.3) is 17.4 Å². The van der Waals surface area contributed by atoms with Crippen LogP contribution in [0.5, 0.6) is 5.75 Å². The molecule has 0 bridgehead atoms. The molecule has 0 N–H and O–H groups in total. The van der Waals surface area contributed by atoms with Crippen molar-refractivity contribution >= 4 is 63.3 Å². The largest absolute Gasteiger partial charge is 0.497 e. The molecule has 156 valence electrons. The molecule has 2 aromatic carbocycles. The fourth-order valence-electron chi connectivity index (χ4n) is 2.94. The zero-order valence-corrected chi connectivity index (χ0v) is 18.3. The highest BCUT2D eigenvalue weighted by Gasteiger charge is 2.33. The van der Waals surface area contributed by atoms with Gasteiger partial charge in [-0.05, 0) is 48.5 Å². The van der Waals surface area contributed by atoms with Crippen LogP contribution in [0, 0.1) is 10.1 Å². The number of thioether (sulfide) groups is 1. The lowest BCUT2D eigenvalue weighted by molar-refractivity contribution is -0.384. The monoisotopic (exact) mass is 472 g/mol. The number of rotatable bonds is 5. The molecule has 3 aromatic rings.